The van der Waals surface area contributed by atoms with Crippen molar-refractivity contribution >= 4 is 5.78 Å². The van der Waals surface area contributed by atoms with Gasteiger partial charge in [-0.05, 0) is 25.5 Å². The Morgan fingerprint density at radius 1 is 1.11 bits per heavy atom. The van der Waals surface area contributed by atoms with Gasteiger partial charge in [-0.2, -0.15) is 0 Å². The molecule has 2 rings (SSSR count). The van der Waals surface area contributed by atoms with E-state index in [0.717, 1.165) is 11.3 Å². The van der Waals surface area contributed by atoms with Crippen molar-refractivity contribution in [2.75, 3.05) is 0 Å². The first-order chi connectivity index (χ1) is 9.08. The zero-order chi connectivity index (χ0) is 13.8. The van der Waals surface area contributed by atoms with Gasteiger partial charge in [0.25, 0.3) is 5.56 Å². The first-order valence-corrected chi connectivity index (χ1v) is 6.30. The lowest BCUT2D eigenvalue weighted by Gasteiger charge is -2.12. The standard InChI is InChI=1S/C16H17NO2/c1-12-8-9-15(10-14-6-4-3-5-7-14)17(16(12)19)11-13(2)18/h3-9H,10-11H2,1-2H3. The van der Waals surface area contributed by atoms with E-state index in [1.165, 1.54) is 6.92 Å². The van der Waals surface area contributed by atoms with Crippen LogP contribution in [-0.2, 0) is 17.8 Å². The van der Waals surface area contributed by atoms with Gasteiger partial charge in [0, 0.05) is 17.7 Å². The van der Waals surface area contributed by atoms with Crippen LogP contribution in [0, 0.1) is 6.92 Å². The Labute approximate surface area is 112 Å². The lowest BCUT2D eigenvalue weighted by Crippen LogP contribution is -2.28. The SMILES string of the molecule is CC(=O)Cn1c(Cc2ccccc2)ccc(C)c1=O. The quantitative estimate of drug-likeness (QED) is 0.841. The molecule has 0 aliphatic rings. The van der Waals surface area contributed by atoms with Gasteiger partial charge in [0.05, 0.1) is 6.54 Å². The fourth-order valence-corrected chi connectivity index (χ4v) is 2.08. The van der Waals surface area contributed by atoms with Crippen molar-refractivity contribution < 1.29 is 4.79 Å². The maximum Gasteiger partial charge on any atom is 0.254 e. The van der Waals surface area contributed by atoms with Crippen molar-refractivity contribution in [3.8, 4) is 0 Å². The molecule has 0 saturated heterocycles. The van der Waals surface area contributed by atoms with Crippen molar-refractivity contribution in [1.82, 2.24) is 4.57 Å². The Bertz CT molecular complexity index is 642. The fraction of sp³-hybridized carbons (Fsp3) is 0.250. The number of pyridine rings is 1. The number of aromatic nitrogens is 1. The molecule has 0 N–H and O–H groups in total. The Kier molecular flexibility index (Phi) is 3.95. The van der Waals surface area contributed by atoms with Gasteiger partial charge in [0.2, 0.25) is 0 Å². The molecule has 19 heavy (non-hydrogen) atoms. The summed E-state index contributed by atoms with van der Waals surface area (Å²) in [7, 11) is 0. The summed E-state index contributed by atoms with van der Waals surface area (Å²) in [4.78, 5) is 23.4. The highest BCUT2D eigenvalue weighted by molar-refractivity contribution is 5.75. The number of nitrogens with zero attached hydrogens (tertiary/aromatic N) is 1. The van der Waals surface area contributed by atoms with Gasteiger partial charge in [-0.25, -0.2) is 0 Å². The average molecular weight is 255 g/mol. The number of aryl methyl sites for hydroxylation is 1. The zero-order valence-corrected chi connectivity index (χ0v) is 11.2. The molecule has 0 saturated carbocycles. The monoisotopic (exact) mass is 255 g/mol. The van der Waals surface area contributed by atoms with E-state index in [9.17, 15) is 9.59 Å². The van der Waals surface area contributed by atoms with E-state index in [-0.39, 0.29) is 17.9 Å². The molecule has 0 amide bonds. The fourth-order valence-electron chi connectivity index (χ4n) is 2.08. The van der Waals surface area contributed by atoms with E-state index in [2.05, 4.69) is 0 Å². The first-order valence-electron chi connectivity index (χ1n) is 6.30. The van der Waals surface area contributed by atoms with Crippen LogP contribution in [0.15, 0.2) is 47.3 Å². The number of benzene rings is 1. The van der Waals surface area contributed by atoms with Gasteiger partial charge in [0.15, 0.2) is 0 Å². The second kappa shape index (κ2) is 5.65. The number of hydrogen-bond donors (Lipinski definition) is 0. The third kappa shape index (κ3) is 3.19. The molecule has 0 radical (unpaired) electrons. The lowest BCUT2D eigenvalue weighted by molar-refractivity contribution is -0.117. The van der Waals surface area contributed by atoms with Crippen LogP contribution in [0.5, 0.6) is 0 Å². The van der Waals surface area contributed by atoms with Crippen molar-refractivity contribution in [1.29, 1.82) is 0 Å². The van der Waals surface area contributed by atoms with Crippen LogP contribution in [0.3, 0.4) is 0 Å². The number of Topliss-reactive ketones (excluding diaryl/α,β-unsaturated/α-hetero) is 1. The minimum Gasteiger partial charge on any atom is -0.305 e. The van der Waals surface area contributed by atoms with Crippen molar-refractivity contribution in [2.24, 2.45) is 0 Å². The summed E-state index contributed by atoms with van der Waals surface area (Å²) in [5, 5.41) is 0. The highest BCUT2D eigenvalue weighted by atomic mass is 16.1. The topological polar surface area (TPSA) is 39.1 Å². The zero-order valence-electron chi connectivity index (χ0n) is 11.2. The number of hydrogen-bond acceptors (Lipinski definition) is 2. The lowest BCUT2D eigenvalue weighted by atomic mass is 10.1. The Balaban J connectivity index is 2.42. The molecule has 3 heteroatoms. The Hall–Kier alpha value is -2.16. The van der Waals surface area contributed by atoms with Gasteiger partial charge in [-0.3, -0.25) is 9.59 Å². The first kappa shape index (κ1) is 13.3. The molecule has 2 aromatic rings. The molecular formula is C16H17NO2. The highest BCUT2D eigenvalue weighted by Crippen LogP contribution is 2.09. The van der Waals surface area contributed by atoms with Crippen LogP contribution in [0.1, 0.15) is 23.7 Å². The predicted octanol–water partition coefficient (Wildman–Crippen LogP) is 2.34. The number of carbonyl (C=O) groups excluding carboxylic acids is 1. The molecule has 3 nitrogen and oxygen atoms in total. The predicted molar refractivity (Wildman–Crippen MR) is 75.4 cm³/mol. The van der Waals surface area contributed by atoms with Crippen LogP contribution < -0.4 is 5.56 Å². The molecule has 98 valence electrons. The summed E-state index contributed by atoms with van der Waals surface area (Å²) in [6.45, 7) is 3.41. The molecular weight excluding hydrogens is 238 g/mol. The third-order valence-corrected chi connectivity index (χ3v) is 3.06. The number of ketones is 1. The molecule has 0 spiro atoms. The summed E-state index contributed by atoms with van der Waals surface area (Å²) in [5.74, 6) is -0.0120. The molecule has 1 heterocycles. The summed E-state index contributed by atoms with van der Waals surface area (Å²) in [6.07, 6.45) is 0.656. The molecule has 0 aliphatic heterocycles. The minimum atomic E-state index is -0.0800. The summed E-state index contributed by atoms with van der Waals surface area (Å²) in [6, 6.07) is 13.7. The van der Waals surface area contributed by atoms with Crippen LogP contribution in [0.25, 0.3) is 0 Å². The maximum atomic E-state index is 12.1. The van der Waals surface area contributed by atoms with E-state index in [0.29, 0.717) is 12.0 Å². The molecule has 0 unspecified atom stereocenters. The van der Waals surface area contributed by atoms with E-state index in [1.54, 1.807) is 11.5 Å². The van der Waals surface area contributed by atoms with E-state index in [1.807, 2.05) is 42.5 Å². The van der Waals surface area contributed by atoms with E-state index < -0.39 is 0 Å². The number of rotatable bonds is 4. The Morgan fingerprint density at radius 2 is 1.79 bits per heavy atom. The van der Waals surface area contributed by atoms with E-state index in [4.69, 9.17) is 0 Å². The van der Waals surface area contributed by atoms with Gasteiger partial charge in [-0.1, -0.05) is 36.4 Å². The van der Waals surface area contributed by atoms with Gasteiger partial charge in [-0.15, -0.1) is 0 Å². The molecule has 1 aromatic heterocycles. The summed E-state index contributed by atoms with van der Waals surface area (Å²) >= 11 is 0. The van der Waals surface area contributed by atoms with Crippen LogP contribution in [-0.4, -0.2) is 10.4 Å². The van der Waals surface area contributed by atoms with Crippen LogP contribution >= 0.6 is 0 Å². The normalized spacial score (nSPS) is 10.4. The second-order valence-electron chi connectivity index (χ2n) is 4.76. The molecule has 0 atom stereocenters. The average Bonchev–Trinajstić information content (AvgIpc) is 2.39. The molecule has 1 aromatic carbocycles. The van der Waals surface area contributed by atoms with Crippen LogP contribution in [0.4, 0.5) is 0 Å². The largest absolute Gasteiger partial charge is 0.305 e. The molecule has 0 fully saturated rings. The minimum absolute atomic E-state index is 0.0120. The summed E-state index contributed by atoms with van der Waals surface area (Å²) in [5.41, 5.74) is 2.58. The summed E-state index contributed by atoms with van der Waals surface area (Å²) < 4.78 is 1.57. The third-order valence-electron chi connectivity index (χ3n) is 3.06. The van der Waals surface area contributed by atoms with Gasteiger partial charge < -0.3 is 4.57 Å². The van der Waals surface area contributed by atoms with Crippen molar-refractivity contribution in [3.63, 3.8) is 0 Å². The second-order valence-corrected chi connectivity index (χ2v) is 4.76. The van der Waals surface area contributed by atoms with E-state index >= 15 is 0 Å². The van der Waals surface area contributed by atoms with Crippen LogP contribution in [0.2, 0.25) is 0 Å². The smallest absolute Gasteiger partial charge is 0.254 e. The number of carbonyl (C=O) groups is 1. The Morgan fingerprint density at radius 3 is 2.42 bits per heavy atom. The highest BCUT2D eigenvalue weighted by Gasteiger charge is 2.08. The van der Waals surface area contributed by atoms with Crippen molar-refractivity contribution in [2.45, 2.75) is 26.8 Å². The van der Waals surface area contributed by atoms with Gasteiger partial charge >= 0.3 is 0 Å². The van der Waals surface area contributed by atoms with Crippen molar-refractivity contribution in [3.05, 3.63) is 69.6 Å². The maximum absolute atomic E-state index is 12.1. The van der Waals surface area contributed by atoms with Gasteiger partial charge in [0.1, 0.15) is 5.78 Å². The molecule has 0 aliphatic carbocycles. The molecule has 0 bridgehead atoms.